The fraction of sp³-hybridized carbons (Fsp3) is 0.368. The molecule has 0 aliphatic carbocycles. The van der Waals surface area contributed by atoms with Crippen molar-refractivity contribution in [3.8, 4) is 11.3 Å². The van der Waals surface area contributed by atoms with Crippen molar-refractivity contribution >= 4 is 5.97 Å². The molecule has 1 aromatic heterocycles. The number of piperidine rings is 1. The highest BCUT2D eigenvalue weighted by atomic mass is 16.5. The number of carbonyl (C=O) groups excluding carboxylic acids is 1. The van der Waals surface area contributed by atoms with Gasteiger partial charge in [-0.25, -0.2) is 9.89 Å². The Hall–Kier alpha value is -3.00. The summed E-state index contributed by atoms with van der Waals surface area (Å²) < 4.78 is 6.82. The third kappa shape index (κ3) is 3.48. The summed E-state index contributed by atoms with van der Waals surface area (Å²) in [7, 11) is 1.33. The number of hydrogen-bond donors (Lipinski definition) is 1. The minimum Gasteiger partial charge on any atom is -0.465 e. The summed E-state index contributed by atoms with van der Waals surface area (Å²) in [5.74, 6) is -0.491. The first-order valence-corrected chi connectivity index (χ1v) is 8.95. The van der Waals surface area contributed by atoms with E-state index in [0.29, 0.717) is 16.8 Å². The molecule has 3 aliphatic heterocycles. The molecule has 0 saturated carbocycles. The van der Waals surface area contributed by atoms with Crippen molar-refractivity contribution in [1.29, 1.82) is 0 Å². The van der Waals surface area contributed by atoms with Crippen molar-refractivity contribution in [1.82, 2.24) is 24.6 Å². The number of aromatic amines is 1. The molecular formula is C19H21N5O3. The normalized spacial score (nSPS) is 15.9. The van der Waals surface area contributed by atoms with Crippen LogP contribution in [-0.2, 0) is 11.3 Å². The molecular weight excluding hydrogens is 346 g/mol. The number of fused-ring (bicyclic) bond motifs is 1. The van der Waals surface area contributed by atoms with Gasteiger partial charge in [0.1, 0.15) is 11.3 Å². The van der Waals surface area contributed by atoms with Crippen LogP contribution in [0.2, 0.25) is 0 Å². The molecule has 0 unspecified atom stereocenters. The summed E-state index contributed by atoms with van der Waals surface area (Å²) in [6, 6.07) is 4.25. The molecule has 1 N–H and O–H groups in total. The molecule has 0 atom stereocenters. The van der Waals surface area contributed by atoms with Crippen LogP contribution in [0.5, 0.6) is 0 Å². The monoisotopic (exact) mass is 367 g/mol. The van der Waals surface area contributed by atoms with Crippen LogP contribution in [0.4, 0.5) is 0 Å². The van der Waals surface area contributed by atoms with Gasteiger partial charge in [0.05, 0.1) is 12.7 Å². The number of carbonyl (C=O) groups is 1. The fourth-order valence-corrected chi connectivity index (χ4v) is 3.65. The van der Waals surface area contributed by atoms with Crippen molar-refractivity contribution in [3.05, 3.63) is 58.4 Å². The van der Waals surface area contributed by atoms with Gasteiger partial charge in [0.15, 0.2) is 0 Å². The van der Waals surface area contributed by atoms with Crippen molar-refractivity contribution in [2.75, 3.05) is 20.2 Å². The minimum absolute atomic E-state index is 0.220. The van der Waals surface area contributed by atoms with Gasteiger partial charge in [0, 0.05) is 50.5 Å². The number of esters is 1. The highest BCUT2D eigenvalue weighted by Gasteiger charge is 2.26. The molecule has 0 spiro atoms. The Morgan fingerprint density at radius 2 is 2.15 bits per heavy atom. The van der Waals surface area contributed by atoms with Crippen LogP contribution in [0.25, 0.3) is 11.3 Å². The van der Waals surface area contributed by atoms with Crippen molar-refractivity contribution in [3.63, 3.8) is 0 Å². The number of ether oxygens (including phenoxy) is 1. The van der Waals surface area contributed by atoms with E-state index in [9.17, 15) is 9.59 Å². The molecule has 0 bridgehead atoms. The van der Waals surface area contributed by atoms with E-state index in [0.717, 1.165) is 32.5 Å². The smallest absolute Gasteiger partial charge is 0.341 e. The Balaban J connectivity index is 1.53. The molecule has 1 saturated heterocycles. The van der Waals surface area contributed by atoms with Gasteiger partial charge >= 0.3 is 5.97 Å². The van der Waals surface area contributed by atoms with Crippen molar-refractivity contribution in [2.45, 2.75) is 25.4 Å². The average Bonchev–Trinajstić information content (AvgIpc) is 3.09. The summed E-state index contributed by atoms with van der Waals surface area (Å²) in [6.45, 7) is 2.76. The zero-order chi connectivity index (χ0) is 18.8. The second kappa shape index (κ2) is 7.32. The Kier molecular flexibility index (Phi) is 4.72. The van der Waals surface area contributed by atoms with Crippen LogP contribution < -0.4 is 5.56 Å². The minimum atomic E-state index is -0.491. The number of methoxy groups -OCH3 is 1. The standard InChI is InChI=1S/C19H21N5O3/c1-27-19(26)16-12-24(11-15-17(16)21-22-18(15)25)14-4-7-23(8-5-14)10-13-3-2-6-20-9-13/h2-3,6,9,11-12,14H,4-5,7-8,10H2,1H3,(H,22,25). The van der Waals surface area contributed by atoms with Gasteiger partial charge in [-0.1, -0.05) is 6.07 Å². The van der Waals surface area contributed by atoms with Gasteiger partial charge in [-0.05, 0) is 24.5 Å². The lowest BCUT2D eigenvalue weighted by molar-refractivity contribution is 0.0599. The molecule has 1 fully saturated rings. The van der Waals surface area contributed by atoms with Gasteiger partial charge in [-0.3, -0.25) is 14.7 Å². The maximum Gasteiger partial charge on any atom is 0.341 e. The SMILES string of the molecule is COC(=O)c1cn(C2CCN(Cc3cccnc3)CC2)cc2c(=O)[nH]nc1-2. The Morgan fingerprint density at radius 1 is 1.33 bits per heavy atom. The molecule has 0 amide bonds. The molecule has 3 aliphatic rings. The lowest BCUT2D eigenvalue weighted by Gasteiger charge is -2.33. The van der Waals surface area contributed by atoms with Gasteiger partial charge < -0.3 is 9.30 Å². The van der Waals surface area contributed by atoms with Gasteiger partial charge in [-0.2, -0.15) is 5.10 Å². The summed E-state index contributed by atoms with van der Waals surface area (Å²) in [6.07, 6.45) is 9.07. The van der Waals surface area contributed by atoms with E-state index in [-0.39, 0.29) is 11.6 Å². The number of nitrogens with one attached hydrogen (secondary N) is 1. The average molecular weight is 367 g/mol. The van der Waals surface area contributed by atoms with Gasteiger partial charge in [0.25, 0.3) is 5.56 Å². The second-order valence-corrected chi connectivity index (χ2v) is 6.79. The van der Waals surface area contributed by atoms with E-state index in [1.54, 1.807) is 18.6 Å². The van der Waals surface area contributed by atoms with Crippen LogP contribution in [0.3, 0.4) is 0 Å². The molecule has 0 radical (unpaired) electrons. The maximum atomic E-state index is 12.1. The molecule has 0 aromatic carbocycles. The van der Waals surface area contributed by atoms with E-state index >= 15 is 0 Å². The number of pyridine rings is 2. The van der Waals surface area contributed by atoms with E-state index in [1.807, 2.05) is 16.8 Å². The Labute approximate surface area is 156 Å². The molecule has 8 heteroatoms. The fourth-order valence-electron chi connectivity index (χ4n) is 3.65. The lowest BCUT2D eigenvalue weighted by Crippen LogP contribution is -2.34. The van der Waals surface area contributed by atoms with Crippen LogP contribution in [0.1, 0.15) is 34.8 Å². The molecule has 140 valence electrons. The highest BCUT2D eigenvalue weighted by Crippen LogP contribution is 2.28. The number of H-pyrrole nitrogens is 1. The quantitative estimate of drug-likeness (QED) is 0.706. The van der Waals surface area contributed by atoms with E-state index in [4.69, 9.17) is 4.74 Å². The first kappa shape index (κ1) is 17.4. The predicted octanol–water partition coefficient (Wildman–Crippen LogP) is 1.69. The topological polar surface area (TPSA) is 93.1 Å². The summed E-state index contributed by atoms with van der Waals surface area (Å²) >= 11 is 0. The van der Waals surface area contributed by atoms with E-state index in [2.05, 4.69) is 26.1 Å². The van der Waals surface area contributed by atoms with Crippen LogP contribution in [-0.4, -0.2) is 50.8 Å². The first-order valence-electron chi connectivity index (χ1n) is 8.95. The number of nitrogens with zero attached hydrogens (tertiary/aromatic N) is 4. The van der Waals surface area contributed by atoms with E-state index < -0.39 is 5.97 Å². The lowest BCUT2D eigenvalue weighted by atomic mass is 10.0. The zero-order valence-electron chi connectivity index (χ0n) is 15.1. The van der Waals surface area contributed by atoms with Crippen molar-refractivity contribution < 1.29 is 9.53 Å². The number of likely N-dealkylation sites (tertiary alicyclic amines) is 1. The third-order valence-electron chi connectivity index (χ3n) is 5.09. The number of hydrogen-bond acceptors (Lipinski definition) is 6. The largest absolute Gasteiger partial charge is 0.465 e. The molecule has 8 nitrogen and oxygen atoms in total. The van der Waals surface area contributed by atoms with Crippen LogP contribution >= 0.6 is 0 Å². The zero-order valence-corrected chi connectivity index (χ0v) is 15.1. The number of aromatic nitrogens is 4. The molecule has 27 heavy (non-hydrogen) atoms. The van der Waals surface area contributed by atoms with Crippen LogP contribution in [0, 0.1) is 0 Å². The van der Waals surface area contributed by atoms with Crippen molar-refractivity contribution in [2.24, 2.45) is 0 Å². The first-order chi connectivity index (χ1) is 13.2. The third-order valence-corrected chi connectivity index (χ3v) is 5.09. The van der Waals surface area contributed by atoms with Crippen LogP contribution in [0.15, 0.2) is 41.7 Å². The molecule has 4 rings (SSSR count). The summed E-state index contributed by atoms with van der Waals surface area (Å²) in [5, 5.41) is 6.39. The van der Waals surface area contributed by atoms with E-state index in [1.165, 1.54) is 12.7 Å². The number of rotatable bonds is 4. The summed E-state index contributed by atoms with van der Waals surface area (Å²) in [5.41, 5.74) is 1.99. The Bertz CT molecular complexity index is 957. The molecule has 1 aromatic rings. The van der Waals surface area contributed by atoms with Gasteiger partial charge in [-0.15, -0.1) is 0 Å². The second-order valence-electron chi connectivity index (χ2n) is 6.79. The van der Waals surface area contributed by atoms with Gasteiger partial charge in [0.2, 0.25) is 0 Å². The highest BCUT2D eigenvalue weighted by molar-refractivity contribution is 5.95. The Morgan fingerprint density at radius 3 is 2.85 bits per heavy atom. The maximum absolute atomic E-state index is 12.1. The predicted molar refractivity (Wildman–Crippen MR) is 98.6 cm³/mol. The summed E-state index contributed by atoms with van der Waals surface area (Å²) in [4.78, 5) is 30.7. The molecule has 4 heterocycles.